The number of rotatable bonds is 4. The number of aliphatic imine (C=N–C) groups is 2. The number of hydrogen-bond donors (Lipinski definition) is 0. The molecular formula is C47H31N3S2. The Hall–Kier alpha value is -5.88. The van der Waals surface area contributed by atoms with Crippen LogP contribution in [0.15, 0.2) is 168 Å². The fraction of sp³-hybridized carbons (Fsp3) is 0.0638. The van der Waals surface area contributed by atoms with Gasteiger partial charge in [-0.15, -0.1) is 22.7 Å². The van der Waals surface area contributed by atoms with Gasteiger partial charge >= 0.3 is 0 Å². The Morgan fingerprint density at radius 3 is 2.00 bits per heavy atom. The number of fused-ring (bicyclic) bond motifs is 10. The van der Waals surface area contributed by atoms with Crippen molar-refractivity contribution in [2.24, 2.45) is 15.9 Å². The van der Waals surface area contributed by atoms with Crippen molar-refractivity contribution >= 4 is 96.4 Å². The SMILES string of the molecule is CC1C(c2cccc3c2sc2ccccc23)=NC(c2ccccc2)=NC1c1cccc(-n2c3ccccc3c3c4sc5ccccc5c4ccc32)c1. The first-order valence-corrected chi connectivity index (χ1v) is 19.4. The van der Waals surface area contributed by atoms with E-state index in [1.54, 1.807) is 0 Å². The van der Waals surface area contributed by atoms with Gasteiger partial charge in [0.05, 0.1) is 22.8 Å². The van der Waals surface area contributed by atoms with Crippen LogP contribution in [0.5, 0.6) is 0 Å². The average Bonchev–Trinajstić information content (AvgIpc) is 3.88. The first-order chi connectivity index (χ1) is 25.7. The summed E-state index contributed by atoms with van der Waals surface area (Å²) in [6.45, 7) is 2.30. The standard InChI is InChI=1S/C47H31N3S2/c1-28-43(48-47(29-13-3-2-4-14-29)49-44(28)37-21-12-20-34-32-17-6-9-23-40(32)51-45(34)37)30-15-11-16-31(27-30)50-38-22-8-5-19-36(38)42-39(50)26-25-35-33-18-7-10-24-41(33)52-46(35)42/h2-28,43H,1H3. The van der Waals surface area contributed by atoms with Crippen LogP contribution < -0.4 is 0 Å². The van der Waals surface area contributed by atoms with Gasteiger partial charge in [0.15, 0.2) is 5.84 Å². The molecule has 0 spiro atoms. The van der Waals surface area contributed by atoms with Crippen LogP contribution in [0.2, 0.25) is 0 Å². The van der Waals surface area contributed by atoms with E-state index < -0.39 is 0 Å². The maximum atomic E-state index is 5.44. The molecule has 1 aliphatic rings. The number of aromatic nitrogens is 1. The number of hydrogen-bond acceptors (Lipinski definition) is 4. The lowest BCUT2D eigenvalue weighted by atomic mass is 9.85. The van der Waals surface area contributed by atoms with E-state index in [2.05, 4.69) is 169 Å². The highest BCUT2D eigenvalue weighted by Crippen LogP contribution is 2.44. The molecular weight excluding hydrogens is 671 g/mol. The maximum absolute atomic E-state index is 5.44. The summed E-state index contributed by atoms with van der Waals surface area (Å²) in [6, 6.07) is 57.0. The largest absolute Gasteiger partial charge is 0.309 e. The summed E-state index contributed by atoms with van der Waals surface area (Å²) < 4.78 is 7.70. The minimum atomic E-state index is -0.116. The van der Waals surface area contributed by atoms with Crippen molar-refractivity contribution in [3.63, 3.8) is 0 Å². The van der Waals surface area contributed by atoms with Crippen LogP contribution in [0.25, 0.3) is 67.8 Å². The third-order valence-corrected chi connectivity index (χ3v) is 13.2. The van der Waals surface area contributed by atoms with Crippen molar-refractivity contribution in [3.05, 3.63) is 174 Å². The number of benzene rings is 7. The van der Waals surface area contributed by atoms with Crippen molar-refractivity contribution in [1.29, 1.82) is 0 Å². The second-order valence-electron chi connectivity index (χ2n) is 13.7. The van der Waals surface area contributed by atoms with Gasteiger partial charge in [0.2, 0.25) is 0 Å². The molecule has 0 fully saturated rings. The molecule has 0 N–H and O–H groups in total. The summed E-state index contributed by atoms with van der Waals surface area (Å²) in [5, 5.41) is 7.83. The molecule has 11 rings (SSSR count). The summed E-state index contributed by atoms with van der Waals surface area (Å²) in [5.74, 6) is 0.834. The van der Waals surface area contributed by atoms with Gasteiger partial charge in [0.25, 0.3) is 0 Å². The molecule has 3 aromatic heterocycles. The maximum Gasteiger partial charge on any atom is 0.155 e. The van der Waals surface area contributed by atoms with Crippen LogP contribution in [0.4, 0.5) is 0 Å². The number of nitrogens with zero attached hydrogens (tertiary/aromatic N) is 3. The van der Waals surface area contributed by atoms with Gasteiger partial charge in [-0.25, -0.2) is 4.99 Å². The van der Waals surface area contributed by atoms with E-state index in [9.17, 15) is 0 Å². The van der Waals surface area contributed by atoms with Gasteiger partial charge < -0.3 is 4.57 Å². The molecule has 0 aliphatic carbocycles. The average molecular weight is 702 g/mol. The van der Waals surface area contributed by atoms with Crippen LogP contribution >= 0.6 is 22.7 Å². The minimum Gasteiger partial charge on any atom is -0.309 e. The molecule has 4 heterocycles. The third-order valence-electron chi connectivity index (χ3n) is 10.8. The third kappa shape index (κ3) is 4.43. The van der Waals surface area contributed by atoms with E-state index in [0.29, 0.717) is 0 Å². The van der Waals surface area contributed by atoms with Gasteiger partial charge in [-0.05, 0) is 42.0 Å². The molecule has 3 nitrogen and oxygen atoms in total. The van der Waals surface area contributed by atoms with Crippen LogP contribution in [-0.2, 0) is 0 Å². The zero-order chi connectivity index (χ0) is 34.3. The molecule has 1 aliphatic heterocycles. The molecule has 5 heteroatoms. The molecule has 246 valence electrons. The van der Waals surface area contributed by atoms with Gasteiger partial charge in [0, 0.05) is 73.8 Å². The van der Waals surface area contributed by atoms with Gasteiger partial charge in [-0.1, -0.05) is 128 Å². The molecule has 2 unspecified atom stereocenters. The smallest absolute Gasteiger partial charge is 0.155 e. The second-order valence-corrected chi connectivity index (χ2v) is 15.8. The molecule has 0 amide bonds. The molecule has 0 bridgehead atoms. The van der Waals surface area contributed by atoms with Gasteiger partial charge in [-0.3, -0.25) is 4.99 Å². The van der Waals surface area contributed by atoms with Gasteiger partial charge in [-0.2, -0.15) is 0 Å². The number of amidine groups is 1. The lowest BCUT2D eigenvalue weighted by molar-refractivity contribution is 0.592. The Morgan fingerprint density at radius 2 is 1.19 bits per heavy atom. The van der Waals surface area contributed by atoms with Crippen LogP contribution in [0.1, 0.15) is 29.7 Å². The Bertz CT molecular complexity index is 3100. The van der Waals surface area contributed by atoms with Crippen LogP contribution in [0.3, 0.4) is 0 Å². The Morgan fingerprint density at radius 1 is 0.538 bits per heavy atom. The van der Waals surface area contributed by atoms with Crippen molar-refractivity contribution in [1.82, 2.24) is 4.57 Å². The fourth-order valence-corrected chi connectivity index (χ4v) is 10.8. The van der Waals surface area contributed by atoms with Crippen molar-refractivity contribution in [3.8, 4) is 5.69 Å². The first kappa shape index (κ1) is 29.8. The Kier molecular flexibility index (Phi) is 6.63. The monoisotopic (exact) mass is 701 g/mol. The van der Waals surface area contributed by atoms with E-state index in [1.165, 1.54) is 73.3 Å². The molecule has 0 saturated carbocycles. The highest BCUT2D eigenvalue weighted by atomic mass is 32.1. The van der Waals surface area contributed by atoms with E-state index in [-0.39, 0.29) is 12.0 Å². The number of para-hydroxylation sites is 1. The summed E-state index contributed by atoms with van der Waals surface area (Å²) >= 11 is 3.75. The van der Waals surface area contributed by atoms with Crippen molar-refractivity contribution in [2.75, 3.05) is 0 Å². The first-order valence-electron chi connectivity index (χ1n) is 17.8. The Labute approximate surface area is 308 Å². The van der Waals surface area contributed by atoms with Crippen LogP contribution in [-0.4, -0.2) is 16.1 Å². The second kappa shape index (κ2) is 11.6. The summed E-state index contributed by atoms with van der Waals surface area (Å²) in [6.07, 6.45) is 0. The van der Waals surface area contributed by atoms with E-state index in [4.69, 9.17) is 9.98 Å². The van der Waals surface area contributed by atoms with E-state index in [0.717, 1.165) is 22.8 Å². The molecule has 2 atom stereocenters. The number of thiophene rings is 2. The molecule has 10 aromatic rings. The normalized spacial score (nSPS) is 16.4. The topological polar surface area (TPSA) is 29.6 Å². The molecule has 7 aromatic carbocycles. The predicted octanol–water partition coefficient (Wildman–Crippen LogP) is 13.1. The fourth-order valence-electron chi connectivity index (χ4n) is 8.34. The summed E-state index contributed by atoms with van der Waals surface area (Å²) in [5.41, 5.74) is 8.08. The molecule has 52 heavy (non-hydrogen) atoms. The highest BCUT2D eigenvalue weighted by molar-refractivity contribution is 7.27. The van der Waals surface area contributed by atoms with Crippen molar-refractivity contribution in [2.45, 2.75) is 13.0 Å². The zero-order valence-electron chi connectivity index (χ0n) is 28.3. The van der Waals surface area contributed by atoms with Gasteiger partial charge in [0.1, 0.15) is 0 Å². The summed E-state index contributed by atoms with van der Waals surface area (Å²) in [7, 11) is 0. The quantitative estimate of drug-likeness (QED) is 0.175. The highest BCUT2D eigenvalue weighted by Gasteiger charge is 2.31. The zero-order valence-corrected chi connectivity index (χ0v) is 30.0. The Balaban J connectivity index is 1.10. The van der Waals surface area contributed by atoms with Crippen LogP contribution in [0, 0.1) is 5.92 Å². The minimum absolute atomic E-state index is 0.0508. The van der Waals surface area contributed by atoms with Crippen molar-refractivity contribution < 1.29 is 0 Å². The lowest BCUT2D eigenvalue weighted by Crippen LogP contribution is -2.26. The molecule has 0 saturated heterocycles. The van der Waals surface area contributed by atoms with E-state index >= 15 is 0 Å². The summed E-state index contributed by atoms with van der Waals surface area (Å²) in [4.78, 5) is 10.8. The predicted molar refractivity (Wildman–Crippen MR) is 224 cm³/mol. The lowest BCUT2D eigenvalue weighted by Gasteiger charge is -2.28. The molecule has 0 radical (unpaired) electrons. The van der Waals surface area contributed by atoms with E-state index in [1.807, 2.05) is 22.7 Å².